The van der Waals surface area contributed by atoms with Gasteiger partial charge in [-0.05, 0) is 42.5 Å². The fourth-order valence-electron chi connectivity index (χ4n) is 5.44. The van der Waals surface area contributed by atoms with Gasteiger partial charge in [0.15, 0.2) is 5.78 Å². The number of carbonyl (C=O) groups is 2. The molecule has 0 bridgehead atoms. The molecule has 32 heavy (non-hydrogen) atoms. The number of para-hydroxylation sites is 1. The van der Waals surface area contributed by atoms with Gasteiger partial charge in [0.25, 0.3) is 0 Å². The molecule has 1 spiro atoms. The van der Waals surface area contributed by atoms with Crippen molar-refractivity contribution in [2.24, 2.45) is 11.1 Å². The molecule has 0 fully saturated rings. The molecule has 1 amide bonds. The summed E-state index contributed by atoms with van der Waals surface area (Å²) >= 11 is 0. The Kier molecular flexibility index (Phi) is 4.12. The minimum atomic E-state index is -1.53. The number of rotatable bonds is 1. The lowest BCUT2D eigenvalue weighted by molar-refractivity contribution is -0.123. The van der Waals surface area contributed by atoms with E-state index in [1.807, 2.05) is 57.2 Å². The Labute approximate surface area is 187 Å². The summed E-state index contributed by atoms with van der Waals surface area (Å²) in [7, 11) is 0. The maximum atomic E-state index is 13.7. The van der Waals surface area contributed by atoms with Crippen LogP contribution in [0.2, 0.25) is 0 Å². The summed E-state index contributed by atoms with van der Waals surface area (Å²) in [5, 5.41) is 13.2. The van der Waals surface area contributed by atoms with Gasteiger partial charge in [0.2, 0.25) is 5.91 Å². The number of Topliss-reactive ketones (excluding diaryl/α,β-unsaturated/α-hetero) is 1. The van der Waals surface area contributed by atoms with Gasteiger partial charge >= 0.3 is 0 Å². The van der Waals surface area contributed by atoms with Gasteiger partial charge in [-0.3, -0.25) is 14.5 Å². The van der Waals surface area contributed by atoms with Crippen molar-refractivity contribution in [3.63, 3.8) is 0 Å². The summed E-state index contributed by atoms with van der Waals surface area (Å²) in [6.45, 7) is 6.06. The number of fused-ring (bicyclic) bond motifs is 3. The number of ketones is 1. The third kappa shape index (κ3) is 2.51. The molecule has 6 heteroatoms. The van der Waals surface area contributed by atoms with E-state index in [2.05, 4.69) is 11.4 Å². The summed E-state index contributed by atoms with van der Waals surface area (Å²) in [6.07, 6.45) is 0.849. The largest absolute Gasteiger partial charge is 0.384 e. The molecule has 0 saturated heterocycles. The molecular weight excluding hydrogens is 400 g/mol. The van der Waals surface area contributed by atoms with E-state index in [-0.39, 0.29) is 22.6 Å². The van der Waals surface area contributed by atoms with E-state index in [1.54, 1.807) is 17.0 Å². The van der Waals surface area contributed by atoms with Crippen molar-refractivity contribution in [3.05, 3.63) is 82.3 Å². The maximum absolute atomic E-state index is 13.7. The summed E-state index contributed by atoms with van der Waals surface area (Å²) in [4.78, 5) is 29.2. The second-order valence-electron chi connectivity index (χ2n) is 9.56. The molecular formula is C26H24N4O2. The monoisotopic (exact) mass is 424 g/mol. The Bertz CT molecular complexity index is 1310. The van der Waals surface area contributed by atoms with Crippen molar-refractivity contribution in [1.29, 1.82) is 5.26 Å². The standard InChI is InChI=1S/C26H24N4O2/c1-15-7-6-8-16(11-15)30-20-12-25(2,3)13-21(31)22(20)26(18(14-27)23(30)28)17-9-4-5-10-19(17)29-24(26)32/h4-11H,12-13,28H2,1-3H3,(H,29,32)/t26-/m0/s1. The van der Waals surface area contributed by atoms with Crippen molar-refractivity contribution < 1.29 is 9.59 Å². The fraction of sp³-hybridized carbons (Fsp3) is 0.269. The van der Waals surface area contributed by atoms with Gasteiger partial charge in [0.05, 0.1) is 5.57 Å². The summed E-state index contributed by atoms with van der Waals surface area (Å²) in [5.41, 5.74) is 9.02. The quantitative estimate of drug-likeness (QED) is 0.720. The Morgan fingerprint density at radius 3 is 2.56 bits per heavy atom. The van der Waals surface area contributed by atoms with E-state index >= 15 is 0 Å². The highest BCUT2D eigenvalue weighted by molar-refractivity contribution is 6.20. The average molecular weight is 425 g/mol. The van der Waals surface area contributed by atoms with Crippen molar-refractivity contribution in [1.82, 2.24) is 0 Å². The topological polar surface area (TPSA) is 99.2 Å². The minimum Gasteiger partial charge on any atom is -0.384 e. The van der Waals surface area contributed by atoms with E-state index in [9.17, 15) is 14.9 Å². The van der Waals surface area contributed by atoms with Gasteiger partial charge in [0.1, 0.15) is 17.3 Å². The number of nitrogens with one attached hydrogen (secondary N) is 1. The van der Waals surface area contributed by atoms with Crippen molar-refractivity contribution in [3.8, 4) is 6.07 Å². The van der Waals surface area contributed by atoms with E-state index < -0.39 is 11.3 Å². The van der Waals surface area contributed by atoms with Gasteiger partial charge in [-0.2, -0.15) is 5.26 Å². The lowest BCUT2D eigenvalue weighted by atomic mass is 9.61. The summed E-state index contributed by atoms with van der Waals surface area (Å²) in [5.74, 6) is -0.335. The second-order valence-corrected chi connectivity index (χ2v) is 9.56. The lowest BCUT2D eigenvalue weighted by Crippen LogP contribution is -2.52. The van der Waals surface area contributed by atoms with Crippen LogP contribution in [0.3, 0.4) is 0 Å². The molecule has 0 saturated carbocycles. The van der Waals surface area contributed by atoms with Gasteiger partial charge in [-0.25, -0.2) is 0 Å². The number of allylic oxidation sites excluding steroid dienone is 1. The van der Waals surface area contributed by atoms with Crippen molar-refractivity contribution >= 4 is 23.1 Å². The number of benzene rings is 2. The van der Waals surface area contributed by atoms with Crippen LogP contribution in [0.25, 0.3) is 0 Å². The van der Waals surface area contributed by atoms with E-state index in [4.69, 9.17) is 5.73 Å². The molecule has 1 aliphatic carbocycles. The number of nitrogens with zero attached hydrogens (tertiary/aromatic N) is 2. The van der Waals surface area contributed by atoms with E-state index in [1.165, 1.54) is 0 Å². The fourth-order valence-corrected chi connectivity index (χ4v) is 5.44. The highest BCUT2D eigenvalue weighted by atomic mass is 16.2. The SMILES string of the molecule is Cc1cccc(N2C(N)=C(C#N)[C@]3(C(=O)Nc4ccccc43)C3=C2CC(C)(C)CC3=O)c1. The molecule has 2 aromatic rings. The van der Waals surface area contributed by atoms with Crippen LogP contribution in [-0.4, -0.2) is 11.7 Å². The predicted molar refractivity (Wildman–Crippen MR) is 122 cm³/mol. The number of nitriles is 1. The average Bonchev–Trinajstić information content (AvgIpc) is 2.99. The molecule has 0 unspecified atom stereocenters. The molecule has 3 aliphatic rings. The smallest absolute Gasteiger partial charge is 0.245 e. The van der Waals surface area contributed by atoms with Gasteiger partial charge in [0, 0.05) is 34.6 Å². The van der Waals surface area contributed by atoms with Crippen LogP contribution in [-0.2, 0) is 15.0 Å². The molecule has 0 radical (unpaired) electrons. The van der Waals surface area contributed by atoms with Crippen LogP contribution < -0.4 is 16.0 Å². The Morgan fingerprint density at radius 2 is 1.84 bits per heavy atom. The van der Waals surface area contributed by atoms with Gasteiger partial charge < -0.3 is 11.1 Å². The van der Waals surface area contributed by atoms with Crippen LogP contribution in [0, 0.1) is 23.7 Å². The number of amides is 1. The Morgan fingerprint density at radius 1 is 1.09 bits per heavy atom. The van der Waals surface area contributed by atoms with Crippen LogP contribution in [0.4, 0.5) is 11.4 Å². The van der Waals surface area contributed by atoms with Crippen LogP contribution >= 0.6 is 0 Å². The van der Waals surface area contributed by atoms with Crippen molar-refractivity contribution in [2.75, 3.05) is 10.2 Å². The molecule has 2 heterocycles. The Balaban J connectivity index is 1.91. The zero-order chi connectivity index (χ0) is 22.8. The molecule has 1 atom stereocenters. The molecule has 5 rings (SSSR count). The van der Waals surface area contributed by atoms with Crippen LogP contribution in [0.1, 0.15) is 37.8 Å². The van der Waals surface area contributed by atoms with Crippen molar-refractivity contribution in [2.45, 2.75) is 39.0 Å². The zero-order valence-electron chi connectivity index (χ0n) is 18.3. The molecule has 160 valence electrons. The molecule has 2 aliphatic heterocycles. The highest BCUT2D eigenvalue weighted by Gasteiger charge is 2.61. The first-order valence-corrected chi connectivity index (χ1v) is 10.7. The number of hydrogen-bond acceptors (Lipinski definition) is 5. The lowest BCUT2D eigenvalue weighted by Gasteiger charge is -2.46. The van der Waals surface area contributed by atoms with E-state index in [0.29, 0.717) is 35.4 Å². The number of carbonyl (C=O) groups excluding carboxylic acids is 2. The first-order valence-electron chi connectivity index (χ1n) is 10.7. The van der Waals surface area contributed by atoms with Crippen LogP contribution in [0.5, 0.6) is 0 Å². The van der Waals surface area contributed by atoms with E-state index in [0.717, 1.165) is 11.3 Å². The molecule has 0 aromatic heterocycles. The number of nitrogens with two attached hydrogens (primary N) is 1. The Hall–Kier alpha value is -3.85. The molecule has 6 nitrogen and oxygen atoms in total. The first-order chi connectivity index (χ1) is 15.2. The van der Waals surface area contributed by atoms with Gasteiger partial charge in [-0.1, -0.05) is 44.2 Å². The molecule has 3 N–H and O–H groups in total. The second kappa shape index (κ2) is 6.57. The third-order valence-corrected chi connectivity index (χ3v) is 6.66. The number of aryl methyl sites for hydroxylation is 1. The summed E-state index contributed by atoms with van der Waals surface area (Å²) in [6, 6.07) is 17.2. The summed E-state index contributed by atoms with van der Waals surface area (Å²) < 4.78 is 0. The highest BCUT2D eigenvalue weighted by Crippen LogP contribution is 2.56. The maximum Gasteiger partial charge on any atom is 0.245 e. The van der Waals surface area contributed by atoms with Crippen LogP contribution in [0.15, 0.2) is 71.2 Å². The normalized spacial score (nSPS) is 23.8. The third-order valence-electron chi connectivity index (χ3n) is 6.66. The predicted octanol–water partition coefficient (Wildman–Crippen LogP) is 4.04. The number of hydrogen-bond donors (Lipinski definition) is 2. The number of anilines is 2. The first kappa shape index (κ1) is 20.1. The zero-order valence-corrected chi connectivity index (χ0v) is 18.3. The molecule has 2 aromatic carbocycles. The van der Waals surface area contributed by atoms with Gasteiger partial charge in [-0.15, -0.1) is 0 Å². The minimum absolute atomic E-state index is 0.0910.